The SMILES string of the molecule is O=C(O)c1ccc2c(Cl)cc(Cl)cc2[n+]1[O-]. The second-order valence-electron chi connectivity index (χ2n) is 3.14. The predicted molar refractivity (Wildman–Crippen MR) is 59.9 cm³/mol. The van der Waals surface area contributed by atoms with Crippen LogP contribution in [-0.4, -0.2) is 11.1 Å². The fourth-order valence-electron chi connectivity index (χ4n) is 1.42. The maximum absolute atomic E-state index is 11.7. The highest BCUT2D eigenvalue weighted by Gasteiger charge is 2.18. The summed E-state index contributed by atoms with van der Waals surface area (Å²) >= 11 is 11.6. The van der Waals surface area contributed by atoms with E-state index in [1.165, 1.54) is 24.3 Å². The van der Waals surface area contributed by atoms with Gasteiger partial charge in [-0.15, -0.1) is 0 Å². The molecule has 6 heteroatoms. The third kappa shape index (κ3) is 1.66. The van der Waals surface area contributed by atoms with E-state index >= 15 is 0 Å². The van der Waals surface area contributed by atoms with E-state index in [0.717, 1.165) is 0 Å². The van der Waals surface area contributed by atoms with E-state index in [2.05, 4.69) is 0 Å². The molecular formula is C10H5Cl2NO3. The van der Waals surface area contributed by atoms with Gasteiger partial charge in [0, 0.05) is 17.2 Å². The van der Waals surface area contributed by atoms with Gasteiger partial charge in [-0.1, -0.05) is 23.2 Å². The Morgan fingerprint density at radius 2 is 2.00 bits per heavy atom. The Balaban J connectivity index is 2.89. The Morgan fingerprint density at radius 1 is 1.31 bits per heavy atom. The zero-order valence-corrected chi connectivity index (χ0v) is 9.29. The first kappa shape index (κ1) is 11.0. The minimum absolute atomic E-state index is 0.136. The summed E-state index contributed by atoms with van der Waals surface area (Å²) in [5, 5.41) is 21.5. The number of pyridine rings is 1. The quantitative estimate of drug-likeness (QED) is 0.631. The van der Waals surface area contributed by atoms with Crippen LogP contribution in [0.2, 0.25) is 10.0 Å². The lowest BCUT2D eigenvalue weighted by atomic mass is 10.2. The highest BCUT2D eigenvalue weighted by atomic mass is 35.5. The van der Waals surface area contributed by atoms with Crippen molar-refractivity contribution in [1.29, 1.82) is 0 Å². The molecule has 0 amide bonds. The predicted octanol–water partition coefficient (Wildman–Crippen LogP) is 2.48. The maximum Gasteiger partial charge on any atom is 0.402 e. The molecule has 2 rings (SSSR count). The number of nitrogens with zero attached hydrogens (tertiary/aromatic N) is 1. The van der Waals surface area contributed by atoms with Crippen molar-refractivity contribution in [1.82, 2.24) is 0 Å². The van der Waals surface area contributed by atoms with Gasteiger partial charge in [-0.05, 0) is 12.1 Å². The Hall–Kier alpha value is -1.52. The summed E-state index contributed by atoms with van der Waals surface area (Å²) in [5.74, 6) is -1.30. The number of aromatic nitrogens is 1. The summed E-state index contributed by atoms with van der Waals surface area (Å²) in [6.07, 6.45) is 0. The molecule has 4 nitrogen and oxygen atoms in total. The Kier molecular flexibility index (Phi) is 2.61. The third-order valence-corrected chi connectivity index (χ3v) is 2.67. The fourth-order valence-corrected chi connectivity index (χ4v) is 1.97. The summed E-state index contributed by atoms with van der Waals surface area (Å²) in [6, 6.07) is 5.55. The number of halogens is 2. The van der Waals surface area contributed by atoms with Crippen LogP contribution in [0.15, 0.2) is 24.3 Å². The second-order valence-corrected chi connectivity index (χ2v) is 3.98. The topological polar surface area (TPSA) is 64.2 Å². The normalized spacial score (nSPS) is 10.6. The average Bonchev–Trinajstić information content (AvgIpc) is 2.19. The van der Waals surface area contributed by atoms with E-state index in [-0.39, 0.29) is 16.2 Å². The van der Waals surface area contributed by atoms with Crippen LogP contribution >= 0.6 is 23.2 Å². The van der Waals surface area contributed by atoms with Crippen molar-refractivity contribution in [3.8, 4) is 0 Å². The van der Waals surface area contributed by atoms with Crippen molar-refractivity contribution in [3.63, 3.8) is 0 Å². The van der Waals surface area contributed by atoms with Gasteiger partial charge in [-0.25, -0.2) is 4.79 Å². The highest BCUT2D eigenvalue weighted by Crippen LogP contribution is 2.25. The number of aromatic carboxylic acids is 1. The molecule has 0 atom stereocenters. The molecule has 0 unspecified atom stereocenters. The lowest BCUT2D eigenvalue weighted by Gasteiger charge is -2.05. The maximum atomic E-state index is 11.7. The van der Waals surface area contributed by atoms with Crippen LogP contribution in [0.25, 0.3) is 10.9 Å². The molecule has 1 aromatic carbocycles. The van der Waals surface area contributed by atoms with Crippen LogP contribution in [0, 0.1) is 5.21 Å². The van der Waals surface area contributed by atoms with Crippen molar-refractivity contribution in [2.75, 3.05) is 0 Å². The molecule has 0 aliphatic heterocycles. The molecule has 82 valence electrons. The zero-order chi connectivity index (χ0) is 11.9. The minimum Gasteiger partial charge on any atom is -0.618 e. The van der Waals surface area contributed by atoms with Crippen molar-refractivity contribution >= 4 is 40.1 Å². The largest absolute Gasteiger partial charge is 0.618 e. The van der Waals surface area contributed by atoms with Gasteiger partial charge in [0.2, 0.25) is 5.52 Å². The van der Waals surface area contributed by atoms with Crippen LogP contribution in [0.3, 0.4) is 0 Å². The van der Waals surface area contributed by atoms with Crippen LogP contribution in [0.5, 0.6) is 0 Å². The van der Waals surface area contributed by atoms with Crippen molar-refractivity contribution in [3.05, 3.63) is 45.2 Å². The molecule has 0 aliphatic carbocycles. The van der Waals surface area contributed by atoms with Gasteiger partial charge in [0.05, 0.1) is 10.4 Å². The molecule has 0 fully saturated rings. The average molecular weight is 258 g/mol. The summed E-state index contributed by atoms with van der Waals surface area (Å²) in [6.45, 7) is 0. The molecule has 0 saturated heterocycles. The first-order valence-corrected chi connectivity index (χ1v) is 5.01. The van der Waals surface area contributed by atoms with Crippen molar-refractivity contribution < 1.29 is 14.6 Å². The van der Waals surface area contributed by atoms with Crippen LogP contribution in [0.4, 0.5) is 0 Å². The highest BCUT2D eigenvalue weighted by molar-refractivity contribution is 6.38. The lowest BCUT2D eigenvalue weighted by Crippen LogP contribution is -2.35. The molecule has 0 bridgehead atoms. The summed E-state index contributed by atoms with van der Waals surface area (Å²) in [5.41, 5.74) is -0.233. The Morgan fingerprint density at radius 3 is 2.62 bits per heavy atom. The van der Waals surface area contributed by atoms with Crippen LogP contribution < -0.4 is 4.73 Å². The van der Waals surface area contributed by atoms with E-state index in [0.29, 0.717) is 15.1 Å². The molecule has 1 heterocycles. The second kappa shape index (κ2) is 3.81. The number of fused-ring (bicyclic) bond motifs is 1. The van der Waals surface area contributed by atoms with Gasteiger partial charge in [0.25, 0.3) is 0 Å². The number of rotatable bonds is 1. The smallest absolute Gasteiger partial charge is 0.402 e. The Bertz CT molecular complexity index is 598. The third-order valence-electron chi connectivity index (χ3n) is 2.14. The zero-order valence-electron chi connectivity index (χ0n) is 7.78. The number of carboxylic acids is 1. The van der Waals surface area contributed by atoms with E-state index in [1.807, 2.05) is 0 Å². The Labute approximate surface area is 100 Å². The van der Waals surface area contributed by atoms with E-state index < -0.39 is 5.97 Å². The summed E-state index contributed by atoms with van der Waals surface area (Å²) in [7, 11) is 0. The standard InChI is InChI=1S/C10H5Cl2NO3/c11-5-3-7(12)6-1-2-8(10(14)15)13(16)9(6)4-5/h1-4H,(H,14,15). The monoisotopic (exact) mass is 257 g/mol. The fraction of sp³-hybridized carbons (Fsp3) is 0. The molecule has 1 N–H and O–H groups in total. The molecular weight excluding hydrogens is 253 g/mol. The first-order valence-electron chi connectivity index (χ1n) is 4.25. The molecule has 0 saturated carbocycles. The first-order chi connectivity index (χ1) is 7.50. The van der Waals surface area contributed by atoms with E-state index in [9.17, 15) is 10.0 Å². The van der Waals surface area contributed by atoms with Gasteiger partial charge in [-0.2, -0.15) is 4.73 Å². The molecule has 0 radical (unpaired) electrons. The van der Waals surface area contributed by atoms with Gasteiger partial charge >= 0.3 is 11.7 Å². The molecule has 0 aliphatic rings. The number of benzene rings is 1. The van der Waals surface area contributed by atoms with Gasteiger partial charge in [0.1, 0.15) is 0 Å². The van der Waals surface area contributed by atoms with Crippen LogP contribution in [0.1, 0.15) is 10.5 Å². The minimum atomic E-state index is -1.30. The lowest BCUT2D eigenvalue weighted by molar-refractivity contribution is -0.580. The number of hydrogen-bond acceptors (Lipinski definition) is 2. The number of carboxylic acid groups (broad SMARTS) is 1. The van der Waals surface area contributed by atoms with Gasteiger partial charge in [0.15, 0.2) is 0 Å². The van der Waals surface area contributed by atoms with E-state index in [1.54, 1.807) is 0 Å². The van der Waals surface area contributed by atoms with Crippen molar-refractivity contribution in [2.45, 2.75) is 0 Å². The summed E-state index contributed by atoms with van der Waals surface area (Å²) in [4.78, 5) is 10.7. The summed E-state index contributed by atoms with van der Waals surface area (Å²) < 4.78 is 0.301. The molecule has 0 spiro atoms. The van der Waals surface area contributed by atoms with Crippen molar-refractivity contribution in [2.24, 2.45) is 0 Å². The molecule has 2 aromatic rings. The van der Waals surface area contributed by atoms with Gasteiger partial charge in [-0.3, -0.25) is 0 Å². The molecule has 16 heavy (non-hydrogen) atoms. The number of hydrogen-bond donors (Lipinski definition) is 1. The van der Waals surface area contributed by atoms with Crippen LogP contribution in [-0.2, 0) is 0 Å². The van der Waals surface area contributed by atoms with Gasteiger partial charge < -0.3 is 10.3 Å². The molecule has 1 aromatic heterocycles. The van der Waals surface area contributed by atoms with E-state index in [4.69, 9.17) is 28.3 Å². The number of carbonyl (C=O) groups is 1.